The molecule has 0 aliphatic carbocycles. The maximum atomic E-state index is 12.8. The molecule has 148 valence electrons. The standard InChI is InChI=1S/C20H35N3O3/c1-17(2)5-9-23-16-20(7-4-18(23)24)6-3-8-22(15-20)19(25)14-21-10-12-26-13-11-21/h17H,3-16H2,1-2H3/t20-/m1/s1. The average molecular weight is 366 g/mol. The number of carbonyl (C=O) groups is 2. The Hall–Kier alpha value is -1.14. The largest absolute Gasteiger partial charge is 0.379 e. The SMILES string of the molecule is CC(C)CCN1C[C@]2(CCCN(C(=O)CN3CCOCC3)C2)CCC1=O. The van der Waals surface area contributed by atoms with E-state index in [0.717, 1.165) is 78.2 Å². The van der Waals surface area contributed by atoms with Crippen LogP contribution in [0, 0.1) is 11.3 Å². The second-order valence-electron chi connectivity index (χ2n) is 8.81. The molecule has 0 radical (unpaired) electrons. The van der Waals surface area contributed by atoms with E-state index < -0.39 is 0 Å². The third kappa shape index (κ3) is 4.97. The minimum absolute atomic E-state index is 0.115. The van der Waals surface area contributed by atoms with Crippen molar-refractivity contribution in [3.63, 3.8) is 0 Å². The van der Waals surface area contributed by atoms with Crippen LogP contribution in [0.3, 0.4) is 0 Å². The minimum Gasteiger partial charge on any atom is -0.379 e. The molecule has 26 heavy (non-hydrogen) atoms. The predicted molar refractivity (Wildman–Crippen MR) is 101 cm³/mol. The zero-order chi connectivity index (χ0) is 18.6. The van der Waals surface area contributed by atoms with E-state index in [2.05, 4.69) is 28.5 Å². The number of rotatable bonds is 5. The van der Waals surface area contributed by atoms with E-state index in [1.165, 1.54) is 0 Å². The number of piperidine rings is 2. The number of hydrogen-bond donors (Lipinski definition) is 0. The number of amides is 2. The van der Waals surface area contributed by atoms with E-state index in [0.29, 0.717) is 24.8 Å². The van der Waals surface area contributed by atoms with Crippen molar-refractivity contribution in [1.29, 1.82) is 0 Å². The normalized spacial score (nSPS) is 28.2. The van der Waals surface area contributed by atoms with Gasteiger partial charge in [0, 0.05) is 51.1 Å². The molecule has 1 atom stereocenters. The summed E-state index contributed by atoms with van der Waals surface area (Å²) in [4.78, 5) is 31.5. The van der Waals surface area contributed by atoms with Crippen LogP contribution in [0.25, 0.3) is 0 Å². The van der Waals surface area contributed by atoms with Gasteiger partial charge in [-0.3, -0.25) is 14.5 Å². The summed E-state index contributed by atoms with van der Waals surface area (Å²) in [7, 11) is 0. The van der Waals surface area contributed by atoms with Gasteiger partial charge in [0.05, 0.1) is 19.8 Å². The molecule has 3 aliphatic heterocycles. The van der Waals surface area contributed by atoms with Crippen molar-refractivity contribution in [1.82, 2.24) is 14.7 Å². The lowest BCUT2D eigenvalue weighted by Crippen LogP contribution is -2.56. The number of ether oxygens (including phenoxy) is 1. The molecular formula is C20H35N3O3. The van der Waals surface area contributed by atoms with Crippen molar-refractivity contribution in [2.75, 3.05) is 59.0 Å². The number of carbonyl (C=O) groups excluding carboxylic acids is 2. The first kappa shape index (κ1) is 19.6. The highest BCUT2D eigenvalue weighted by molar-refractivity contribution is 5.79. The maximum absolute atomic E-state index is 12.8. The fourth-order valence-corrected chi connectivity index (χ4v) is 4.52. The van der Waals surface area contributed by atoms with Gasteiger partial charge in [0.25, 0.3) is 0 Å². The van der Waals surface area contributed by atoms with Gasteiger partial charge < -0.3 is 14.5 Å². The van der Waals surface area contributed by atoms with Crippen molar-refractivity contribution in [3.8, 4) is 0 Å². The van der Waals surface area contributed by atoms with Gasteiger partial charge in [-0.05, 0) is 31.6 Å². The van der Waals surface area contributed by atoms with E-state index in [1.54, 1.807) is 0 Å². The fraction of sp³-hybridized carbons (Fsp3) is 0.900. The molecule has 6 heteroatoms. The molecule has 3 rings (SSSR count). The summed E-state index contributed by atoms with van der Waals surface area (Å²) in [5.41, 5.74) is 0.115. The summed E-state index contributed by atoms with van der Waals surface area (Å²) in [5, 5.41) is 0. The van der Waals surface area contributed by atoms with Crippen LogP contribution in [0.4, 0.5) is 0 Å². The number of likely N-dealkylation sites (tertiary alicyclic amines) is 2. The average Bonchev–Trinajstić information content (AvgIpc) is 2.63. The summed E-state index contributed by atoms with van der Waals surface area (Å²) in [6.45, 7) is 11.5. The van der Waals surface area contributed by atoms with Gasteiger partial charge >= 0.3 is 0 Å². The highest BCUT2D eigenvalue weighted by Gasteiger charge is 2.42. The van der Waals surface area contributed by atoms with Gasteiger partial charge in [-0.15, -0.1) is 0 Å². The van der Waals surface area contributed by atoms with Gasteiger partial charge in [-0.25, -0.2) is 0 Å². The van der Waals surface area contributed by atoms with Gasteiger partial charge in [0.15, 0.2) is 0 Å². The lowest BCUT2D eigenvalue weighted by atomic mass is 9.73. The summed E-state index contributed by atoms with van der Waals surface area (Å²) < 4.78 is 5.37. The molecule has 0 unspecified atom stereocenters. The Morgan fingerprint density at radius 3 is 2.65 bits per heavy atom. The molecule has 0 N–H and O–H groups in total. The topological polar surface area (TPSA) is 53.1 Å². The van der Waals surface area contributed by atoms with Crippen LogP contribution in [-0.4, -0.2) is 85.5 Å². The van der Waals surface area contributed by atoms with Crippen LogP contribution in [-0.2, 0) is 14.3 Å². The smallest absolute Gasteiger partial charge is 0.236 e. The zero-order valence-corrected chi connectivity index (χ0v) is 16.5. The second-order valence-corrected chi connectivity index (χ2v) is 8.81. The van der Waals surface area contributed by atoms with Crippen LogP contribution >= 0.6 is 0 Å². The quantitative estimate of drug-likeness (QED) is 0.743. The molecule has 1 spiro atoms. The highest BCUT2D eigenvalue weighted by Crippen LogP contribution is 2.39. The van der Waals surface area contributed by atoms with E-state index in [1.807, 2.05) is 0 Å². The van der Waals surface area contributed by atoms with Gasteiger partial charge in [-0.1, -0.05) is 13.8 Å². The van der Waals surface area contributed by atoms with Crippen molar-refractivity contribution >= 4 is 11.8 Å². The molecule has 0 aromatic heterocycles. The molecule has 0 aromatic carbocycles. The first-order chi connectivity index (χ1) is 12.5. The summed E-state index contributed by atoms with van der Waals surface area (Å²) in [6.07, 6.45) is 4.83. The molecule has 3 fully saturated rings. The predicted octanol–water partition coefficient (Wildman–Crippen LogP) is 1.60. The third-order valence-corrected chi connectivity index (χ3v) is 6.20. The number of hydrogen-bond acceptors (Lipinski definition) is 4. The van der Waals surface area contributed by atoms with Crippen LogP contribution in [0.5, 0.6) is 0 Å². The first-order valence-corrected chi connectivity index (χ1v) is 10.3. The Labute approximate surface area is 157 Å². The van der Waals surface area contributed by atoms with Crippen molar-refractivity contribution in [3.05, 3.63) is 0 Å². The second kappa shape index (κ2) is 8.70. The Kier molecular flexibility index (Phi) is 6.56. The van der Waals surface area contributed by atoms with Crippen molar-refractivity contribution in [2.24, 2.45) is 11.3 Å². The van der Waals surface area contributed by atoms with Crippen LogP contribution in [0.1, 0.15) is 46.0 Å². The van der Waals surface area contributed by atoms with Crippen molar-refractivity contribution in [2.45, 2.75) is 46.0 Å². The zero-order valence-electron chi connectivity index (χ0n) is 16.5. The molecule has 3 heterocycles. The first-order valence-electron chi connectivity index (χ1n) is 10.3. The molecule has 3 aliphatic rings. The molecule has 2 amide bonds. The maximum Gasteiger partial charge on any atom is 0.236 e. The van der Waals surface area contributed by atoms with Gasteiger partial charge in [0.1, 0.15) is 0 Å². The number of nitrogens with zero attached hydrogens (tertiary/aromatic N) is 3. The van der Waals surface area contributed by atoms with Gasteiger partial charge in [-0.2, -0.15) is 0 Å². The summed E-state index contributed by atoms with van der Waals surface area (Å²) in [6, 6.07) is 0. The monoisotopic (exact) mass is 365 g/mol. The summed E-state index contributed by atoms with van der Waals surface area (Å²) in [5.74, 6) is 1.16. The summed E-state index contributed by atoms with van der Waals surface area (Å²) >= 11 is 0. The van der Waals surface area contributed by atoms with E-state index in [4.69, 9.17) is 4.74 Å². The van der Waals surface area contributed by atoms with Gasteiger partial charge in [0.2, 0.25) is 11.8 Å². The Morgan fingerprint density at radius 1 is 1.15 bits per heavy atom. The minimum atomic E-state index is 0.115. The molecule has 6 nitrogen and oxygen atoms in total. The third-order valence-electron chi connectivity index (χ3n) is 6.20. The molecule has 3 saturated heterocycles. The van der Waals surface area contributed by atoms with Crippen LogP contribution in [0.15, 0.2) is 0 Å². The van der Waals surface area contributed by atoms with Crippen molar-refractivity contribution < 1.29 is 14.3 Å². The Morgan fingerprint density at radius 2 is 1.92 bits per heavy atom. The van der Waals surface area contributed by atoms with E-state index in [-0.39, 0.29) is 11.3 Å². The van der Waals surface area contributed by atoms with E-state index >= 15 is 0 Å². The lowest BCUT2D eigenvalue weighted by Gasteiger charge is -2.48. The Balaban J connectivity index is 1.57. The van der Waals surface area contributed by atoms with Crippen LogP contribution < -0.4 is 0 Å². The molecule has 0 aromatic rings. The highest BCUT2D eigenvalue weighted by atomic mass is 16.5. The van der Waals surface area contributed by atoms with E-state index in [9.17, 15) is 9.59 Å². The molecule has 0 bridgehead atoms. The van der Waals surface area contributed by atoms with Crippen LogP contribution in [0.2, 0.25) is 0 Å². The lowest BCUT2D eigenvalue weighted by molar-refractivity contribution is -0.144. The Bertz CT molecular complexity index is 505. The number of morpholine rings is 1. The molecular weight excluding hydrogens is 330 g/mol. The molecule has 0 saturated carbocycles. The fourth-order valence-electron chi connectivity index (χ4n) is 4.52.